The van der Waals surface area contributed by atoms with Crippen LogP contribution < -0.4 is 5.32 Å². The predicted octanol–water partition coefficient (Wildman–Crippen LogP) is 3.21. The third-order valence-corrected chi connectivity index (χ3v) is 3.79. The van der Waals surface area contributed by atoms with Crippen LogP contribution in [0.15, 0.2) is 0 Å². The van der Waals surface area contributed by atoms with Gasteiger partial charge in [-0.1, -0.05) is 32.6 Å². The van der Waals surface area contributed by atoms with Gasteiger partial charge < -0.3 is 10.1 Å². The Morgan fingerprint density at radius 2 is 1.90 bits per heavy atom. The van der Waals surface area contributed by atoms with Gasteiger partial charge in [0.1, 0.15) is 0 Å². The van der Waals surface area contributed by atoms with E-state index in [1.807, 2.05) is 0 Å². The molecule has 4 nitrogen and oxygen atoms in total. The normalized spacial score (nSPS) is 11.2. The standard InChI is InChI=1S/C16H31N3O/c1-5-6-7-8-9-11-19-15(3)16(14(2)18-19)13-17-10-12-20-4/h17H,5-13H2,1-4H3. The smallest absolute Gasteiger partial charge is 0.0641 e. The summed E-state index contributed by atoms with van der Waals surface area (Å²) in [5.74, 6) is 0. The van der Waals surface area contributed by atoms with Gasteiger partial charge in [0.05, 0.1) is 12.3 Å². The Hall–Kier alpha value is -0.870. The molecule has 0 radical (unpaired) electrons. The molecule has 1 heterocycles. The van der Waals surface area contributed by atoms with E-state index in [4.69, 9.17) is 4.74 Å². The van der Waals surface area contributed by atoms with Gasteiger partial charge in [0.25, 0.3) is 0 Å². The summed E-state index contributed by atoms with van der Waals surface area (Å²) in [5, 5.41) is 8.08. The van der Waals surface area contributed by atoms with Crippen LogP contribution in [0.25, 0.3) is 0 Å². The van der Waals surface area contributed by atoms with Crippen LogP contribution in [0.3, 0.4) is 0 Å². The highest BCUT2D eigenvalue weighted by Crippen LogP contribution is 2.14. The molecular formula is C16H31N3O. The Morgan fingerprint density at radius 3 is 2.60 bits per heavy atom. The van der Waals surface area contributed by atoms with E-state index in [0.29, 0.717) is 0 Å². The monoisotopic (exact) mass is 281 g/mol. The largest absolute Gasteiger partial charge is 0.383 e. The van der Waals surface area contributed by atoms with Gasteiger partial charge in [-0.2, -0.15) is 5.10 Å². The molecule has 0 spiro atoms. The van der Waals surface area contributed by atoms with Crippen molar-refractivity contribution in [1.29, 1.82) is 0 Å². The van der Waals surface area contributed by atoms with Gasteiger partial charge in [-0.25, -0.2) is 0 Å². The predicted molar refractivity (Wildman–Crippen MR) is 84.0 cm³/mol. The SMILES string of the molecule is CCCCCCCn1nc(C)c(CNCCOC)c1C. The fourth-order valence-electron chi connectivity index (χ4n) is 2.46. The molecule has 1 rings (SSSR count). The molecule has 0 aliphatic heterocycles. The molecule has 0 aromatic carbocycles. The second kappa shape index (κ2) is 9.94. The molecule has 116 valence electrons. The molecule has 20 heavy (non-hydrogen) atoms. The Morgan fingerprint density at radius 1 is 1.15 bits per heavy atom. The van der Waals surface area contributed by atoms with Gasteiger partial charge >= 0.3 is 0 Å². The number of methoxy groups -OCH3 is 1. The number of unbranched alkanes of at least 4 members (excludes halogenated alkanes) is 4. The maximum Gasteiger partial charge on any atom is 0.0641 e. The maximum absolute atomic E-state index is 5.05. The van der Waals surface area contributed by atoms with Crippen LogP contribution in [-0.2, 0) is 17.8 Å². The van der Waals surface area contributed by atoms with Crippen LogP contribution in [0.1, 0.15) is 56.0 Å². The first-order valence-corrected chi connectivity index (χ1v) is 7.93. The molecule has 0 saturated carbocycles. The summed E-state index contributed by atoms with van der Waals surface area (Å²) in [4.78, 5) is 0. The summed E-state index contributed by atoms with van der Waals surface area (Å²) in [5.41, 5.74) is 3.80. The van der Waals surface area contributed by atoms with Crippen LogP contribution in [0.5, 0.6) is 0 Å². The van der Waals surface area contributed by atoms with Crippen molar-refractivity contribution in [2.45, 2.75) is 66.0 Å². The average molecular weight is 281 g/mol. The highest BCUT2D eigenvalue weighted by Gasteiger charge is 2.10. The van der Waals surface area contributed by atoms with Gasteiger partial charge in [-0.3, -0.25) is 4.68 Å². The molecule has 0 amide bonds. The van der Waals surface area contributed by atoms with E-state index in [1.54, 1.807) is 7.11 Å². The molecule has 0 aliphatic carbocycles. The molecule has 4 heteroatoms. The van der Waals surface area contributed by atoms with Crippen molar-refractivity contribution < 1.29 is 4.74 Å². The second-order valence-corrected chi connectivity index (χ2v) is 5.46. The highest BCUT2D eigenvalue weighted by molar-refractivity contribution is 5.24. The highest BCUT2D eigenvalue weighted by atomic mass is 16.5. The lowest BCUT2D eigenvalue weighted by Crippen LogP contribution is -2.19. The number of hydrogen-bond donors (Lipinski definition) is 1. The van der Waals surface area contributed by atoms with E-state index in [9.17, 15) is 0 Å². The minimum Gasteiger partial charge on any atom is -0.383 e. The van der Waals surface area contributed by atoms with Gasteiger partial charge in [0.15, 0.2) is 0 Å². The summed E-state index contributed by atoms with van der Waals surface area (Å²) in [6, 6.07) is 0. The van der Waals surface area contributed by atoms with E-state index < -0.39 is 0 Å². The number of aromatic nitrogens is 2. The molecule has 0 atom stereocenters. The topological polar surface area (TPSA) is 39.1 Å². The van der Waals surface area contributed by atoms with Crippen molar-refractivity contribution in [2.75, 3.05) is 20.3 Å². The van der Waals surface area contributed by atoms with Crippen molar-refractivity contribution in [3.63, 3.8) is 0 Å². The molecule has 1 aromatic heterocycles. The van der Waals surface area contributed by atoms with Gasteiger partial charge in [0.2, 0.25) is 0 Å². The van der Waals surface area contributed by atoms with E-state index >= 15 is 0 Å². The zero-order chi connectivity index (χ0) is 14.8. The number of hydrogen-bond acceptors (Lipinski definition) is 3. The van der Waals surface area contributed by atoms with E-state index in [2.05, 4.69) is 35.9 Å². The molecule has 0 saturated heterocycles. The summed E-state index contributed by atoms with van der Waals surface area (Å²) in [6.45, 7) is 10.1. The lowest BCUT2D eigenvalue weighted by atomic mass is 10.1. The quantitative estimate of drug-likeness (QED) is 0.633. The fourth-order valence-corrected chi connectivity index (χ4v) is 2.46. The number of aryl methyl sites for hydroxylation is 2. The third-order valence-electron chi connectivity index (χ3n) is 3.79. The summed E-state index contributed by atoms with van der Waals surface area (Å²) < 4.78 is 7.22. The van der Waals surface area contributed by atoms with Gasteiger partial charge in [-0.05, 0) is 20.3 Å². The summed E-state index contributed by atoms with van der Waals surface area (Å²) in [7, 11) is 1.73. The van der Waals surface area contributed by atoms with Crippen LogP contribution in [-0.4, -0.2) is 30.0 Å². The lowest BCUT2D eigenvalue weighted by molar-refractivity contribution is 0.199. The van der Waals surface area contributed by atoms with Crippen molar-refractivity contribution in [2.24, 2.45) is 0 Å². The zero-order valence-corrected chi connectivity index (χ0v) is 13.7. The van der Waals surface area contributed by atoms with Crippen LogP contribution in [0, 0.1) is 13.8 Å². The maximum atomic E-state index is 5.05. The number of nitrogens with one attached hydrogen (secondary N) is 1. The second-order valence-electron chi connectivity index (χ2n) is 5.46. The Bertz CT molecular complexity index is 374. The molecule has 0 aliphatic rings. The molecular weight excluding hydrogens is 250 g/mol. The van der Waals surface area contributed by atoms with E-state index in [1.165, 1.54) is 43.4 Å². The molecule has 0 fully saturated rings. The van der Waals surface area contributed by atoms with Crippen LogP contribution in [0.4, 0.5) is 0 Å². The Labute approximate surface area is 123 Å². The molecule has 0 unspecified atom stereocenters. The zero-order valence-electron chi connectivity index (χ0n) is 13.7. The van der Waals surface area contributed by atoms with Crippen molar-refractivity contribution in [3.05, 3.63) is 17.0 Å². The Balaban J connectivity index is 2.40. The summed E-state index contributed by atoms with van der Waals surface area (Å²) >= 11 is 0. The lowest BCUT2D eigenvalue weighted by Gasteiger charge is -2.07. The van der Waals surface area contributed by atoms with Crippen molar-refractivity contribution >= 4 is 0 Å². The third kappa shape index (κ3) is 5.63. The van der Waals surface area contributed by atoms with Gasteiger partial charge in [0, 0.05) is 38.0 Å². The first kappa shape index (κ1) is 17.2. The average Bonchev–Trinajstić information content (AvgIpc) is 2.70. The minimum absolute atomic E-state index is 0.754. The van der Waals surface area contributed by atoms with Gasteiger partial charge in [-0.15, -0.1) is 0 Å². The Kier molecular flexibility index (Phi) is 8.54. The van der Waals surface area contributed by atoms with E-state index in [-0.39, 0.29) is 0 Å². The number of rotatable bonds is 11. The minimum atomic E-state index is 0.754. The van der Waals surface area contributed by atoms with E-state index in [0.717, 1.165) is 31.9 Å². The first-order chi connectivity index (χ1) is 9.70. The molecule has 1 aromatic rings. The number of ether oxygens (including phenoxy) is 1. The number of nitrogens with zero attached hydrogens (tertiary/aromatic N) is 2. The first-order valence-electron chi connectivity index (χ1n) is 7.93. The van der Waals surface area contributed by atoms with Crippen LogP contribution >= 0.6 is 0 Å². The van der Waals surface area contributed by atoms with Crippen molar-refractivity contribution in [1.82, 2.24) is 15.1 Å². The van der Waals surface area contributed by atoms with Crippen LogP contribution in [0.2, 0.25) is 0 Å². The summed E-state index contributed by atoms with van der Waals surface area (Å²) in [6.07, 6.45) is 6.55. The fraction of sp³-hybridized carbons (Fsp3) is 0.812. The van der Waals surface area contributed by atoms with Crippen molar-refractivity contribution in [3.8, 4) is 0 Å². The molecule has 0 bridgehead atoms. The molecule has 1 N–H and O–H groups in total.